The van der Waals surface area contributed by atoms with Crippen LogP contribution in [0, 0.1) is 5.82 Å². The normalized spacial score (nSPS) is 12.4. The summed E-state index contributed by atoms with van der Waals surface area (Å²) in [7, 11) is 1.49. The number of ether oxygens (including phenoxy) is 1. The second-order valence-electron chi connectivity index (χ2n) is 3.28. The maximum atomic E-state index is 13.7. The first-order valence-corrected chi connectivity index (χ1v) is 5.12. The van der Waals surface area contributed by atoms with E-state index in [2.05, 4.69) is 10.2 Å². The molecule has 0 fully saturated rings. The summed E-state index contributed by atoms with van der Waals surface area (Å²) in [5.41, 5.74) is 1.13. The Morgan fingerprint density at radius 3 is 2.88 bits per heavy atom. The fourth-order valence-corrected chi connectivity index (χ4v) is 1.72. The first-order chi connectivity index (χ1) is 7.72. The molecule has 84 valence electrons. The molecule has 0 radical (unpaired) electrons. The van der Waals surface area contributed by atoms with E-state index in [4.69, 9.17) is 16.3 Å². The van der Waals surface area contributed by atoms with Gasteiger partial charge in [0.1, 0.15) is 11.6 Å². The van der Waals surface area contributed by atoms with E-state index in [1.807, 2.05) is 0 Å². The lowest BCUT2D eigenvalue weighted by Crippen LogP contribution is -1.96. The van der Waals surface area contributed by atoms with Gasteiger partial charge in [0.05, 0.1) is 18.7 Å². The van der Waals surface area contributed by atoms with Crippen LogP contribution in [0.4, 0.5) is 4.39 Å². The smallest absolute Gasteiger partial charge is 0.131 e. The fraction of sp³-hybridized carbons (Fsp3) is 0.182. The monoisotopic (exact) mass is 240 g/mol. The van der Waals surface area contributed by atoms with E-state index in [0.29, 0.717) is 11.3 Å². The number of H-pyrrole nitrogens is 1. The van der Waals surface area contributed by atoms with Crippen molar-refractivity contribution >= 4 is 11.6 Å². The average Bonchev–Trinajstić information content (AvgIpc) is 2.81. The van der Waals surface area contributed by atoms with Crippen LogP contribution in [0.3, 0.4) is 0 Å². The molecule has 5 heteroatoms. The van der Waals surface area contributed by atoms with Gasteiger partial charge in [-0.2, -0.15) is 5.10 Å². The number of aromatic nitrogens is 2. The fourth-order valence-electron chi connectivity index (χ4n) is 1.42. The van der Waals surface area contributed by atoms with Gasteiger partial charge in [0.15, 0.2) is 0 Å². The van der Waals surface area contributed by atoms with Crippen molar-refractivity contribution in [2.24, 2.45) is 0 Å². The highest BCUT2D eigenvalue weighted by Crippen LogP contribution is 2.31. The molecule has 0 aliphatic rings. The van der Waals surface area contributed by atoms with E-state index in [1.165, 1.54) is 13.2 Å². The lowest BCUT2D eigenvalue weighted by atomic mass is 10.1. The van der Waals surface area contributed by atoms with Crippen LogP contribution in [0.5, 0.6) is 5.75 Å². The highest BCUT2D eigenvalue weighted by molar-refractivity contribution is 6.22. The molecule has 0 bridgehead atoms. The highest BCUT2D eigenvalue weighted by Gasteiger charge is 2.16. The van der Waals surface area contributed by atoms with Gasteiger partial charge in [0.2, 0.25) is 0 Å². The topological polar surface area (TPSA) is 37.9 Å². The molecule has 0 aliphatic carbocycles. The van der Waals surface area contributed by atoms with Gasteiger partial charge < -0.3 is 4.74 Å². The van der Waals surface area contributed by atoms with Gasteiger partial charge in [0, 0.05) is 23.4 Å². The summed E-state index contributed by atoms with van der Waals surface area (Å²) in [6.45, 7) is 0. The third-order valence-electron chi connectivity index (χ3n) is 2.29. The summed E-state index contributed by atoms with van der Waals surface area (Å²) in [4.78, 5) is 0. The van der Waals surface area contributed by atoms with Gasteiger partial charge in [0.25, 0.3) is 0 Å². The van der Waals surface area contributed by atoms with Crippen LogP contribution in [0.2, 0.25) is 0 Å². The number of nitrogens with zero attached hydrogens (tertiary/aromatic N) is 1. The standard InChI is InChI=1S/C11H10ClFN2O/c1-16-8-2-3-9(10(13)4-8)11(12)7-5-14-15-6-7/h2-6,11H,1H3,(H,14,15). The maximum Gasteiger partial charge on any atom is 0.131 e. The van der Waals surface area contributed by atoms with E-state index in [-0.39, 0.29) is 5.82 Å². The molecule has 1 aromatic heterocycles. The Morgan fingerprint density at radius 1 is 1.50 bits per heavy atom. The van der Waals surface area contributed by atoms with Gasteiger partial charge in [-0.1, -0.05) is 6.07 Å². The molecule has 16 heavy (non-hydrogen) atoms. The van der Waals surface area contributed by atoms with E-state index in [0.717, 1.165) is 5.56 Å². The largest absolute Gasteiger partial charge is 0.497 e. The third kappa shape index (κ3) is 2.02. The number of aromatic amines is 1. The number of nitrogens with one attached hydrogen (secondary N) is 1. The molecule has 0 saturated heterocycles. The lowest BCUT2D eigenvalue weighted by molar-refractivity contribution is 0.411. The zero-order valence-corrected chi connectivity index (χ0v) is 9.33. The number of alkyl halides is 1. The average molecular weight is 241 g/mol. The van der Waals surface area contributed by atoms with Crippen molar-refractivity contribution in [3.05, 3.63) is 47.5 Å². The van der Waals surface area contributed by atoms with Gasteiger partial charge in [-0.3, -0.25) is 5.10 Å². The van der Waals surface area contributed by atoms with Crippen molar-refractivity contribution in [2.45, 2.75) is 5.38 Å². The first kappa shape index (κ1) is 11.0. The first-order valence-electron chi connectivity index (χ1n) is 4.68. The Balaban J connectivity index is 2.34. The SMILES string of the molecule is COc1ccc(C(Cl)c2cn[nH]c2)c(F)c1. The third-order valence-corrected chi connectivity index (χ3v) is 2.78. The number of hydrogen-bond acceptors (Lipinski definition) is 2. The van der Waals surface area contributed by atoms with Crippen LogP contribution in [-0.4, -0.2) is 17.3 Å². The van der Waals surface area contributed by atoms with Gasteiger partial charge in [-0.05, 0) is 6.07 Å². The summed E-state index contributed by atoms with van der Waals surface area (Å²) in [6, 6.07) is 4.59. The molecule has 1 atom stereocenters. The molecule has 2 aromatic rings. The minimum absolute atomic E-state index is 0.388. The molecule has 1 unspecified atom stereocenters. The highest BCUT2D eigenvalue weighted by atomic mass is 35.5. The molecule has 3 nitrogen and oxygen atoms in total. The van der Waals surface area contributed by atoms with Gasteiger partial charge in [-0.15, -0.1) is 11.6 Å². The van der Waals surface area contributed by atoms with E-state index in [1.54, 1.807) is 24.5 Å². The predicted molar refractivity (Wildman–Crippen MR) is 59.2 cm³/mol. The quantitative estimate of drug-likeness (QED) is 0.838. The van der Waals surface area contributed by atoms with E-state index < -0.39 is 5.38 Å². The van der Waals surface area contributed by atoms with Crippen LogP contribution < -0.4 is 4.74 Å². The molecule has 0 saturated carbocycles. The minimum Gasteiger partial charge on any atom is -0.497 e. The molecule has 0 amide bonds. The summed E-state index contributed by atoms with van der Waals surface area (Å²) in [5, 5.41) is 5.87. The number of halogens is 2. The summed E-state index contributed by atoms with van der Waals surface area (Å²) in [5.74, 6) is 0.0814. The zero-order valence-electron chi connectivity index (χ0n) is 8.58. The molecule has 0 spiro atoms. The molecule has 0 aliphatic heterocycles. The molecule has 1 N–H and O–H groups in total. The Morgan fingerprint density at radius 2 is 2.31 bits per heavy atom. The van der Waals surface area contributed by atoms with Gasteiger partial charge >= 0.3 is 0 Å². The number of hydrogen-bond donors (Lipinski definition) is 1. The molecular weight excluding hydrogens is 231 g/mol. The van der Waals surface area contributed by atoms with Crippen molar-refractivity contribution in [1.82, 2.24) is 10.2 Å². The second kappa shape index (κ2) is 4.53. The van der Waals surface area contributed by atoms with Crippen molar-refractivity contribution in [3.63, 3.8) is 0 Å². The molecule has 2 rings (SSSR count). The Bertz CT molecular complexity index is 473. The molecule has 1 aromatic carbocycles. The van der Waals surface area contributed by atoms with E-state index >= 15 is 0 Å². The van der Waals surface area contributed by atoms with E-state index in [9.17, 15) is 4.39 Å². The van der Waals surface area contributed by atoms with Crippen LogP contribution in [-0.2, 0) is 0 Å². The van der Waals surface area contributed by atoms with Crippen molar-refractivity contribution in [2.75, 3.05) is 7.11 Å². The summed E-state index contributed by atoms with van der Waals surface area (Å²) < 4.78 is 18.6. The maximum absolute atomic E-state index is 13.7. The van der Waals surface area contributed by atoms with Crippen molar-refractivity contribution in [1.29, 1.82) is 0 Å². The van der Waals surface area contributed by atoms with Crippen LogP contribution >= 0.6 is 11.6 Å². The Hall–Kier alpha value is -1.55. The van der Waals surface area contributed by atoms with Crippen LogP contribution in [0.1, 0.15) is 16.5 Å². The molecule has 1 heterocycles. The van der Waals surface area contributed by atoms with Crippen LogP contribution in [0.25, 0.3) is 0 Å². The van der Waals surface area contributed by atoms with Crippen molar-refractivity contribution < 1.29 is 9.13 Å². The second-order valence-corrected chi connectivity index (χ2v) is 3.72. The number of benzene rings is 1. The van der Waals surface area contributed by atoms with Crippen molar-refractivity contribution in [3.8, 4) is 5.75 Å². The number of rotatable bonds is 3. The van der Waals surface area contributed by atoms with Crippen LogP contribution in [0.15, 0.2) is 30.6 Å². The Labute approximate surface area is 97.2 Å². The number of methoxy groups -OCH3 is 1. The van der Waals surface area contributed by atoms with Gasteiger partial charge in [-0.25, -0.2) is 4.39 Å². The zero-order chi connectivity index (χ0) is 11.5. The predicted octanol–water partition coefficient (Wildman–Crippen LogP) is 2.89. The summed E-state index contributed by atoms with van der Waals surface area (Å²) in [6.07, 6.45) is 3.21. The lowest BCUT2D eigenvalue weighted by Gasteiger charge is -2.09. The Kier molecular flexibility index (Phi) is 3.10. The minimum atomic E-state index is -0.551. The molecular formula is C11H10ClFN2O. The summed E-state index contributed by atoms with van der Waals surface area (Å²) >= 11 is 6.13.